The molecule has 2 atom stereocenters. The van der Waals surface area contributed by atoms with Crippen LogP contribution in [0.15, 0.2) is 24.4 Å². The van der Waals surface area contributed by atoms with Gasteiger partial charge in [0.1, 0.15) is 5.56 Å². The molecule has 160 valence electrons. The number of amides is 2. The predicted octanol–water partition coefficient (Wildman–Crippen LogP) is 1.77. The smallest absolute Gasteiger partial charge is 0.261 e. The molecule has 8 heteroatoms. The minimum atomic E-state index is -0.599. The van der Waals surface area contributed by atoms with Gasteiger partial charge in [-0.05, 0) is 37.3 Å². The Morgan fingerprint density at radius 2 is 2.20 bits per heavy atom. The second-order valence-electron chi connectivity index (χ2n) is 7.97. The number of carbonyl (C=O) groups is 2. The normalized spacial score (nSPS) is 20.7. The molecule has 8 nitrogen and oxygen atoms in total. The van der Waals surface area contributed by atoms with E-state index in [-0.39, 0.29) is 17.9 Å². The summed E-state index contributed by atoms with van der Waals surface area (Å²) in [4.78, 5) is 27.8. The molecule has 2 aliphatic heterocycles. The largest absolute Gasteiger partial charge is 0.479 e. The first kappa shape index (κ1) is 20.4. The zero-order valence-corrected chi connectivity index (χ0v) is 17.7. The molecule has 1 saturated heterocycles. The van der Waals surface area contributed by atoms with Crippen molar-refractivity contribution < 1.29 is 19.1 Å². The number of hydrogen-bond acceptors (Lipinski definition) is 5. The summed E-state index contributed by atoms with van der Waals surface area (Å²) in [6.07, 6.45) is 3.63. The first-order valence-corrected chi connectivity index (χ1v) is 10.3. The number of nitrogens with zero attached hydrogens (tertiary/aromatic N) is 3. The molecule has 3 heterocycles. The van der Waals surface area contributed by atoms with Gasteiger partial charge in [0, 0.05) is 32.4 Å². The highest BCUT2D eigenvalue weighted by molar-refractivity contribution is 5.96. The molecular formula is C22H28N4O4. The van der Waals surface area contributed by atoms with Gasteiger partial charge in [-0.3, -0.25) is 14.3 Å². The van der Waals surface area contributed by atoms with Crippen molar-refractivity contribution in [2.24, 2.45) is 7.05 Å². The van der Waals surface area contributed by atoms with Gasteiger partial charge in [-0.25, -0.2) is 0 Å². The standard InChI is InChI=1S/C22H28N4O4/c1-14-6-7-15-8-10-30-19(17(15)11-14)20(27)23-12-16-5-4-9-26(16)22(28)18-13-25(2)24-21(18)29-3/h6-7,11,13,16,19H,4-5,8-10,12H2,1-3H3,(H,23,27)/t16-,19?/m1/s1. The molecule has 1 aromatic carbocycles. The maximum atomic E-state index is 13.1. The van der Waals surface area contributed by atoms with Crippen molar-refractivity contribution in [3.8, 4) is 5.88 Å². The van der Waals surface area contributed by atoms with Crippen LogP contribution in [0.3, 0.4) is 0 Å². The highest BCUT2D eigenvalue weighted by Crippen LogP contribution is 2.29. The molecule has 4 rings (SSSR count). The molecule has 2 aromatic rings. The van der Waals surface area contributed by atoms with Crippen LogP contribution < -0.4 is 10.1 Å². The highest BCUT2D eigenvalue weighted by atomic mass is 16.5. The topological polar surface area (TPSA) is 85.7 Å². The summed E-state index contributed by atoms with van der Waals surface area (Å²) in [6, 6.07) is 6.10. The van der Waals surface area contributed by atoms with Crippen LogP contribution in [0.2, 0.25) is 0 Å². The summed E-state index contributed by atoms with van der Waals surface area (Å²) in [5.41, 5.74) is 3.65. The minimum Gasteiger partial charge on any atom is -0.479 e. The van der Waals surface area contributed by atoms with Gasteiger partial charge in [-0.15, -0.1) is 5.10 Å². The number of nitrogens with one attached hydrogen (secondary N) is 1. The predicted molar refractivity (Wildman–Crippen MR) is 110 cm³/mol. The van der Waals surface area contributed by atoms with Gasteiger partial charge in [-0.2, -0.15) is 0 Å². The van der Waals surface area contributed by atoms with Crippen molar-refractivity contribution in [3.05, 3.63) is 46.6 Å². The third-order valence-corrected chi connectivity index (χ3v) is 5.85. The number of carbonyl (C=O) groups excluding carboxylic acids is 2. The van der Waals surface area contributed by atoms with E-state index >= 15 is 0 Å². The zero-order valence-electron chi connectivity index (χ0n) is 17.7. The van der Waals surface area contributed by atoms with Crippen LogP contribution in [0.4, 0.5) is 0 Å². The third-order valence-electron chi connectivity index (χ3n) is 5.85. The van der Waals surface area contributed by atoms with Crippen LogP contribution in [-0.2, 0) is 23.0 Å². The van der Waals surface area contributed by atoms with Gasteiger partial charge in [0.15, 0.2) is 6.10 Å². The molecule has 1 unspecified atom stereocenters. The minimum absolute atomic E-state index is 0.0630. The molecule has 1 N–H and O–H groups in total. The summed E-state index contributed by atoms with van der Waals surface area (Å²) in [7, 11) is 3.26. The maximum absolute atomic E-state index is 13.1. The monoisotopic (exact) mass is 412 g/mol. The van der Waals surface area contributed by atoms with Gasteiger partial charge >= 0.3 is 0 Å². The Labute approximate surface area is 176 Å². The van der Waals surface area contributed by atoms with Crippen molar-refractivity contribution in [1.29, 1.82) is 0 Å². The number of methoxy groups -OCH3 is 1. The van der Waals surface area contributed by atoms with E-state index in [0.717, 1.165) is 36.0 Å². The number of aromatic nitrogens is 2. The van der Waals surface area contributed by atoms with Gasteiger partial charge in [0.05, 0.1) is 13.7 Å². The lowest BCUT2D eigenvalue weighted by molar-refractivity contribution is -0.134. The first-order valence-electron chi connectivity index (χ1n) is 10.3. The zero-order chi connectivity index (χ0) is 21.3. The second kappa shape index (κ2) is 8.47. The van der Waals surface area contributed by atoms with E-state index in [1.807, 2.05) is 13.0 Å². The Morgan fingerprint density at radius 1 is 1.37 bits per heavy atom. The molecule has 2 aliphatic rings. The Hall–Kier alpha value is -2.87. The average Bonchev–Trinajstić information content (AvgIpc) is 3.37. The van der Waals surface area contributed by atoms with E-state index in [1.165, 1.54) is 7.11 Å². The SMILES string of the molecule is COc1nn(C)cc1C(=O)N1CCC[C@@H]1CNC(=O)C1OCCc2ccc(C)cc21. The van der Waals surface area contributed by atoms with Crippen LogP contribution >= 0.6 is 0 Å². The van der Waals surface area contributed by atoms with Crippen molar-refractivity contribution in [1.82, 2.24) is 20.0 Å². The van der Waals surface area contributed by atoms with Crippen molar-refractivity contribution in [3.63, 3.8) is 0 Å². The molecule has 0 bridgehead atoms. The lowest BCUT2D eigenvalue weighted by Crippen LogP contribution is -2.45. The maximum Gasteiger partial charge on any atom is 0.261 e. The summed E-state index contributed by atoms with van der Waals surface area (Å²) >= 11 is 0. The Kier molecular flexibility index (Phi) is 5.76. The molecule has 0 radical (unpaired) electrons. The summed E-state index contributed by atoms with van der Waals surface area (Å²) in [6.45, 7) is 3.59. The van der Waals surface area contributed by atoms with Crippen LogP contribution in [0.5, 0.6) is 5.88 Å². The fraction of sp³-hybridized carbons (Fsp3) is 0.500. The number of benzene rings is 1. The van der Waals surface area contributed by atoms with Crippen molar-refractivity contribution >= 4 is 11.8 Å². The van der Waals surface area contributed by atoms with Crippen LogP contribution in [0.1, 0.15) is 46.0 Å². The van der Waals surface area contributed by atoms with Crippen LogP contribution in [0.25, 0.3) is 0 Å². The fourth-order valence-corrected chi connectivity index (χ4v) is 4.33. The number of likely N-dealkylation sites (tertiary alicyclic amines) is 1. The summed E-state index contributed by atoms with van der Waals surface area (Å²) in [5.74, 6) is 0.0474. The quantitative estimate of drug-likeness (QED) is 0.809. The Bertz CT molecular complexity index is 955. The number of aryl methyl sites for hydroxylation is 2. The van der Waals surface area contributed by atoms with E-state index in [0.29, 0.717) is 31.1 Å². The molecule has 30 heavy (non-hydrogen) atoms. The average molecular weight is 412 g/mol. The highest BCUT2D eigenvalue weighted by Gasteiger charge is 2.34. The van der Waals surface area contributed by atoms with Gasteiger partial charge < -0.3 is 19.7 Å². The molecule has 0 saturated carbocycles. The lowest BCUT2D eigenvalue weighted by atomic mass is 9.95. The van der Waals surface area contributed by atoms with E-state index in [4.69, 9.17) is 9.47 Å². The number of ether oxygens (including phenoxy) is 2. The van der Waals surface area contributed by atoms with Crippen LogP contribution in [-0.4, -0.2) is 59.3 Å². The van der Waals surface area contributed by atoms with Crippen molar-refractivity contribution in [2.75, 3.05) is 26.8 Å². The lowest BCUT2D eigenvalue weighted by Gasteiger charge is -2.28. The second-order valence-corrected chi connectivity index (χ2v) is 7.97. The number of fused-ring (bicyclic) bond motifs is 1. The molecule has 2 amide bonds. The van der Waals surface area contributed by atoms with E-state index in [1.54, 1.807) is 22.8 Å². The molecule has 1 aromatic heterocycles. The molecule has 0 spiro atoms. The molecular weight excluding hydrogens is 384 g/mol. The Morgan fingerprint density at radius 3 is 3.00 bits per heavy atom. The van der Waals surface area contributed by atoms with E-state index in [9.17, 15) is 9.59 Å². The summed E-state index contributed by atoms with van der Waals surface area (Å²) < 4.78 is 12.6. The molecule has 0 aliphatic carbocycles. The van der Waals surface area contributed by atoms with Crippen LogP contribution in [0, 0.1) is 6.92 Å². The fourth-order valence-electron chi connectivity index (χ4n) is 4.33. The van der Waals surface area contributed by atoms with Gasteiger partial charge in [-0.1, -0.05) is 23.8 Å². The number of rotatable bonds is 5. The van der Waals surface area contributed by atoms with Crippen molar-refractivity contribution in [2.45, 2.75) is 38.3 Å². The Balaban J connectivity index is 1.43. The van der Waals surface area contributed by atoms with E-state index in [2.05, 4.69) is 22.5 Å². The van der Waals surface area contributed by atoms with E-state index < -0.39 is 6.10 Å². The number of hydrogen-bond donors (Lipinski definition) is 1. The first-order chi connectivity index (χ1) is 14.5. The third kappa shape index (κ3) is 3.92. The summed E-state index contributed by atoms with van der Waals surface area (Å²) in [5, 5.41) is 7.19. The van der Waals surface area contributed by atoms with Gasteiger partial charge in [0.2, 0.25) is 5.88 Å². The molecule has 1 fully saturated rings. The van der Waals surface area contributed by atoms with Gasteiger partial charge in [0.25, 0.3) is 11.8 Å².